The molecule has 1 unspecified atom stereocenters. The van der Waals surface area contributed by atoms with Crippen LogP contribution in [0.3, 0.4) is 0 Å². The Morgan fingerprint density at radius 2 is 2.35 bits per heavy atom. The van der Waals surface area contributed by atoms with Crippen molar-refractivity contribution in [1.29, 1.82) is 0 Å². The monoisotopic (exact) mass is 242 g/mol. The summed E-state index contributed by atoms with van der Waals surface area (Å²) in [5.41, 5.74) is 5.03. The van der Waals surface area contributed by atoms with Crippen molar-refractivity contribution in [2.45, 2.75) is 20.0 Å². The third-order valence-electron chi connectivity index (χ3n) is 1.82. The van der Waals surface area contributed by atoms with Gasteiger partial charge in [0.15, 0.2) is 0 Å². The molecule has 0 aliphatic carbocycles. The molecule has 0 radical (unpaired) electrons. The summed E-state index contributed by atoms with van der Waals surface area (Å²) in [6.45, 7) is 4.43. The van der Waals surface area contributed by atoms with E-state index in [1.165, 1.54) is 0 Å². The van der Waals surface area contributed by atoms with Gasteiger partial charge in [-0.1, -0.05) is 0 Å². The first kappa shape index (κ1) is 13.1. The Morgan fingerprint density at radius 3 is 2.94 bits per heavy atom. The SMILES string of the molecule is CCOCC(C)Oc1nc(N)ncc1[N+](=O)[O-]. The van der Waals surface area contributed by atoms with Crippen molar-refractivity contribution < 1.29 is 14.4 Å². The van der Waals surface area contributed by atoms with Crippen LogP contribution in [0.15, 0.2) is 6.20 Å². The summed E-state index contributed by atoms with van der Waals surface area (Å²) in [6.07, 6.45) is 0.661. The molecular formula is C9H14N4O4. The van der Waals surface area contributed by atoms with Crippen LogP contribution >= 0.6 is 0 Å². The fraction of sp³-hybridized carbons (Fsp3) is 0.556. The van der Waals surface area contributed by atoms with Crippen molar-refractivity contribution in [2.75, 3.05) is 18.9 Å². The summed E-state index contributed by atoms with van der Waals surface area (Å²) in [5, 5.41) is 10.7. The number of nitrogen functional groups attached to an aromatic ring is 1. The van der Waals surface area contributed by atoms with Crippen LogP contribution in [0.2, 0.25) is 0 Å². The average molecular weight is 242 g/mol. The highest BCUT2D eigenvalue weighted by atomic mass is 16.6. The Labute approximate surface area is 97.9 Å². The van der Waals surface area contributed by atoms with Crippen LogP contribution in [0.25, 0.3) is 0 Å². The molecule has 1 aromatic heterocycles. The zero-order chi connectivity index (χ0) is 12.8. The van der Waals surface area contributed by atoms with Gasteiger partial charge in [0.05, 0.1) is 11.5 Å². The lowest BCUT2D eigenvalue weighted by Crippen LogP contribution is -2.20. The molecule has 0 amide bonds. The molecule has 0 saturated heterocycles. The van der Waals surface area contributed by atoms with Gasteiger partial charge in [0.1, 0.15) is 12.3 Å². The van der Waals surface area contributed by atoms with Crippen molar-refractivity contribution in [3.05, 3.63) is 16.3 Å². The van der Waals surface area contributed by atoms with Gasteiger partial charge in [0, 0.05) is 6.61 Å². The second-order valence-corrected chi connectivity index (χ2v) is 3.26. The van der Waals surface area contributed by atoms with E-state index in [1.54, 1.807) is 6.92 Å². The van der Waals surface area contributed by atoms with Gasteiger partial charge in [-0.05, 0) is 13.8 Å². The average Bonchev–Trinajstić information content (AvgIpc) is 2.26. The topological polar surface area (TPSA) is 113 Å². The van der Waals surface area contributed by atoms with Gasteiger partial charge < -0.3 is 15.2 Å². The standard InChI is InChI=1S/C9H14N4O4/c1-3-16-5-6(2)17-8-7(13(14)15)4-11-9(10)12-8/h4,6H,3,5H2,1-2H3,(H2,10,11,12). The van der Waals surface area contributed by atoms with Crippen molar-refractivity contribution in [1.82, 2.24) is 9.97 Å². The lowest BCUT2D eigenvalue weighted by atomic mass is 10.4. The van der Waals surface area contributed by atoms with Crippen LogP contribution in [0, 0.1) is 10.1 Å². The van der Waals surface area contributed by atoms with E-state index >= 15 is 0 Å². The zero-order valence-corrected chi connectivity index (χ0v) is 9.62. The quantitative estimate of drug-likeness (QED) is 0.578. The lowest BCUT2D eigenvalue weighted by Gasteiger charge is -2.13. The molecule has 0 fully saturated rings. The Morgan fingerprint density at radius 1 is 1.65 bits per heavy atom. The third-order valence-corrected chi connectivity index (χ3v) is 1.82. The van der Waals surface area contributed by atoms with Crippen molar-refractivity contribution in [2.24, 2.45) is 0 Å². The number of ether oxygens (including phenoxy) is 2. The molecule has 0 spiro atoms. The summed E-state index contributed by atoms with van der Waals surface area (Å²) in [4.78, 5) is 17.3. The fourth-order valence-corrected chi connectivity index (χ4v) is 1.09. The minimum Gasteiger partial charge on any atom is -0.467 e. The van der Waals surface area contributed by atoms with Crippen molar-refractivity contribution in [3.8, 4) is 5.88 Å². The predicted molar refractivity (Wildman–Crippen MR) is 59.7 cm³/mol. The lowest BCUT2D eigenvalue weighted by molar-refractivity contribution is -0.386. The van der Waals surface area contributed by atoms with Gasteiger partial charge in [0.2, 0.25) is 5.95 Å². The van der Waals surface area contributed by atoms with Gasteiger partial charge in [-0.15, -0.1) is 0 Å². The number of aromatic nitrogens is 2. The number of hydrogen-bond acceptors (Lipinski definition) is 7. The molecule has 1 atom stereocenters. The maximum Gasteiger partial charge on any atom is 0.349 e. The van der Waals surface area contributed by atoms with E-state index in [4.69, 9.17) is 15.2 Å². The highest BCUT2D eigenvalue weighted by Crippen LogP contribution is 2.24. The molecule has 94 valence electrons. The first-order valence-corrected chi connectivity index (χ1v) is 5.06. The predicted octanol–water partition coefficient (Wildman–Crippen LogP) is 0.771. The Hall–Kier alpha value is -1.96. The molecule has 0 bridgehead atoms. The van der Waals surface area contributed by atoms with Crippen molar-refractivity contribution >= 4 is 11.6 Å². The molecule has 1 rings (SSSR count). The Balaban J connectivity index is 2.81. The highest BCUT2D eigenvalue weighted by molar-refractivity contribution is 5.41. The van der Waals surface area contributed by atoms with Crippen LogP contribution in [0.5, 0.6) is 5.88 Å². The summed E-state index contributed by atoms with van der Waals surface area (Å²) >= 11 is 0. The normalized spacial score (nSPS) is 12.1. The van der Waals surface area contributed by atoms with E-state index in [1.807, 2.05) is 6.92 Å². The zero-order valence-electron chi connectivity index (χ0n) is 9.62. The molecule has 1 aromatic rings. The molecular weight excluding hydrogens is 228 g/mol. The molecule has 2 N–H and O–H groups in total. The highest BCUT2D eigenvalue weighted by Gasteiger charge is 2.20. The molecule has 0 aliphatic heterocycles. The maximum absolute atomic E-state index is 10.7. The molecule has 1 heterocycles. The first-order valence-electron chi connectivity index (χ1n) is 5.06. The minimum absolute atomic E-state index is 0.0748. The van der Waals surface area contributed by atoms with E-state index in [0.717, 1.165) is 6.20 Å². The summed E-state index contributed by atoms with van der Waals surface area (Å²) < 4.78 is 10.4. The largest absolute Gasteiger partial charge is 0.467 e. The van der Waals surface area contributed by atoms with Crippen LogP contribution in [0.1, 0.15) is 13.8 Å². The smallest absolute Gasteiger partial charge is 0.349 e. The molecule has 17 heavy (non-hydrogen) atoms. The van der Waals surface area contributed by atoms with Gasteiger partial charge in [-0.3, -0.25) is 10.1 Å². The van der Waals surface area contributed by atoms with Gasteiger partial charge in [-0.2, -0.15) is 4.98 Å². The Kier molecular flexibility index (Phi) is 4.58. The summed E-state index contributed by atoms with van der Waals surface area (Å²) in [6, 6.07) is 0. The van der Waals surface area contributed by atoms with Crippen LogP contribution < -0.4 is 10.5 Å². The van der Waals surface area contributed by atoms with E-state index < -0.39 is 4.92 Å². The number of hydrogen-bond donors (Lipinski definition) is 1. The van der Waals surface area contributed by atoms with E-state index in [9.17, 15) is 10.1 Å². The second kappa shape index (κ2) is 5.94. The van der Waals surface area contributed by atoms with E-state index in [-0.39, 0.29) is 23.6 Å². The molecule has 0 saturated carbocycles. The van der Waals surface area contributed by atoms with Crippen molar-refractivity contribution in [3.63, 3.8) is 0 Å². The third kappa shape index (κ3) is 3.83. The van der Waals surface area contributed by atoms with E-state index in [0.29, 0.717) is 13.2 Å². The summed E-state index contributed by atoms with van der Waals surface area (Å²) in [7, 11) is 0. The number of anilines is 1. The van der Waals surface area contributed by atoms with Crippen LogP contribution in [0.4, 0.5) is 11.6 Å². The van der Waals surface area contributed by atoms with Gasteiger partial charge in [0.25, 0.3) is 5.88 Å². The molecule has 0 aliphatic rings. The molecule has 8 nitrogen and oxygen atoms in total. The number of nitrogens with two attached hydrogens (primary N) is 1. The van der Waals surface area contributed by atoms with Gasteiger partial charge >= 0.3 is 5.69 Å². The van der Waals surface area contributed by atoms with Gasteiger partial charge in [-0.25, -0.2) is 4.98 Å². The number of nitrogens with zero attached hydrogens (tertiary/aromatic N) is 3. The number of rotatable bonds is 6. The van der Waals surface area contributed by atoms with E-state index in [2.05, 4.69) is 9.97 Å². The fourth-order valence-electron chi connectivity index (χ4n) is 1.09. The Bertz CT molecular complexity index is 399. The maximum atomic E-state index is 10.7. The second-order valence-electron chi connectivity index (χ2n) is 3.26. The van der Waals surface area contributed by atoms with Crippen LogP contribution in [-0.4, -0.2) is 34.2 Å². The molecule has 8 heteroatoms. The molecule has 0 aromatic carbocycles. The minimum atomic E-state index is -0.623. The number of nitro groups is 1. The van der Waals surface area contributed by atoms with Crippen LogP contribution in [-0.2, 0) is 4.74 Å². The first-order chi connectivity index (χ1) is 8.04. The summed E-state index contributed by atoms with van der Waals surface area (Å²) in [5.74, 6) is -0.219.